The predicted octanol–water partition coefficient (Wildman–Crippen LogP) is 0.853. The highest BCUT2D eigenvalue weighted by Crippen LogP contribution is 2.15. The molecule has 2 aliphatic rings. The molecule has 27 heavy (non-hydrogen) atoms. The van der Waals surface area contributed by atoms with Gasteiger partial charge in [-0.15, -0.1) is 0 Å². The van der Waals surface area contributed by atoms with Crippen molar-refractivity contribution in [1.82, 2.24) is 20.9 Å². The Bertz CT molecular complexity index is 658. The van der Waals surface area contributed by atoms with Crippen LogP contribution in [0.3, 0.4) is 0 Å². The zero-order valence-electron chi connectivity index (χ0n) is 15.9. The van der Waals surface area contributed by atoms with Crippen molar-refractivity contribution in [2.75, 3.05) is 38.5 Å². The van der Waals surface area contributed by atoms with E-state index in [1.54, 1.807) is 6.07 Å². The smallest absolute Gasteiger partial charge is 0.251 e. The molecule has 0 atom stereocenters. The molecule has 2 saturated heterocycles. The molecule has 0 aromatic heterocycles. The fraction of sp³-hybridized carbons (Fsp3) is 0.600. The van der Waals surface area contributed by atoms with Crippen molar-refractivity contribution in [3.05, 3.63) is 29.3 Å². The van der Waals surface area contributed by atoms with Gasteiger partial charge in [0.1, 0.15) is 0 Å². The minimum absolute atomic E-state index is 0.0524. The molecule has 0 unspecified atom stereocenters. The van der Waals surface area contributed by atoms with Gasteiger partial charge < -0.3 is 26.6 Å². The van der Waals surface area contributed by atoms with Crippen LogP contribution in [-0.2, 0) is 11.3 Å². The summed E-state index contributed by atoms with van der Waals surface area (Å²) in [6, 6.07) is 5.76. The fourth-order valence-electron chi connectivity index (χ4n) is 3.69. The van der Waals surface area contributed by atoms with Crippen LogP contribution < -0.4 is 21.7 Å². The predicted molar refractivity (Wildman–Crippen MR) is 106 cm³/mol. The maximum atomic E-state index is 12.4. The summed E-state index contributed by atoms with van der Waals surface area (Å²) in [5, 5.41) is 9.75. The molecule has 0 saturated carbocycles. The molecule has 7 heteroatoms. The van der Waals surface area contributed by atoms with E-state index in [1.807, 2.05) is 17.0 Å². The summed E-state index contributed by atoms with van der Waals surface area (Å²) < 4.78 is 0. The van der Waals surface area contributed by atoms with Gasteiger partial charge >= 0.3 is 0 Å². The van der Waals surface area contributed by atoms with Gasteiger partial charge in [0.2, 0.25) is 5.91 Å². The first-order valence-corrected chi connectivity index (χ1v) is 10.0. The van der Waals surface area contributed by atoms with E-state index in [4.69, 9.17) is 5.73 Å². The number of carbonyl (C=O) groups excluding carboxylic acids is 2. The SMILES string of the molecule is Nc1cc(C(=O)NC2CCNCC2)ccc1CNCCCN1CCCC1=O. The van der Waals surface area contributed by atoms with E-state index >= 15 is 0 Å². The van der Waals surface area contributed by atoms with Gasteiger partial charge in [0.05, 0.1) is 0 Å². The first kappa shape index (κ1) is 19.6. The number of anilines is 1. The molecular weight excluding hydrogens is 342 g/mol. The number of amides is 2. The Morgan fingerprint density at radius 3 is 2.81 bits per heavy atom. The molecular formula is C20H31N5O2. The summed E-state index contributed by atoms with van der Waals surface area (Å²) in [6.07, 6.45) is 4.54. The number of nitrogen functional groups attached to an aromatic ring is 1. The molecule has 2 fully saturated rings. The second-order valence-corrected chi connectivity index (χ2v) is 7.43. The fourth-order valence-corrected chi connectivity index (χ4v) is 3.69. The molecule has 5 N–H and O–H groups in total. The molecule has 7 nitrogen and oxygen atoms in total. The number of nitrogens with zero attached hydrogens (tertiary/aromatic N) is 1. The van der Waals surface area contributed by atoms with Crippen LogP contribution in [0.1, 0.15) is 48.0 Å². The van der Waals surface area contributed by atoms with Gasteiger partial charge in [-0.2, -0.15) is 0 Å². The molecule has 1 aromatic carbocycles. The van der Waals surface area contributed by atoms with Gasteiger partial charge in [-0.1, -0.05) is 6.07 Å². The lowest BCUT2D eigenvalue weighted by Crippen LogP contribution is -2.42. The van der Waals surface area contributed by atoms with Crippen LogP contribution in [0.15, 0.2) is 18.2 Å². The van der Waals surface area contributed by atoms with E-state index in [2.05, 4.69) is 16.0 Å². The Balaban J connectivity index is 1.40. The molecule has 2 heterocycles. The Labute approximate surface area is 161 Å². The van der Waals surface area contributed by atoms with Crippen LogP contribution in [-0.4, -0.2) is 55.5 Å². The number of likely N-dealkylation sites (tertiary alicyclic amines) is 1. The van der Waals surface area contributed by atoms with Crippen LogP contribution in [0.5, 0.6) is 0 Å². The number of rotatable bonds is 8. The molecule has 2 aliphatic heterocycles. The first-order chi connectivity index (χ1) is 13.1. The van der Waals surface area contributed by atoms with Crippen molar-refractivity contribution in [1.29, 1.82) is 0 Å². The second-order valence-electron chi connectivity index (χ2n) is 7.43. The van der Waals surface area contributed by atoms with E-state index in [0.717, 1.165) is 64.0 Å². The van der Waals surface area contributed by atoms with Gasteiger partial charge in [-0.05, 0) is 63.0 Å². The van der Waals surface area contributed by atoms with E-state index in [1.165, 1.54) is 0 Å². The average molecular weight is 374 g/mol. The molecule has 1 aromatic rings. The van der Waals surface area contributed by atoms with E-state index < -0.39 is 0 Å². The van der Waals surface area contributed by atoms with Crippen molar-refractivity contribution in [2.45, 2.75) is 44.7 Å². The van der Waals surface area contributed by atoms with Gasteiger partial charge in [-0.25, -0.2) is 0 Å². The highest BCUT2D eigenvalue weighted by Gasteiger charge is 2.19. The van der Waals surface area contributed by atoms with Crippen molar-refractivity contribution < 1.29 is 9.59 Å². The number of benzene rings is 1. The van der Waals surface area contributed by atoms with Crippen LogP contribution in [0, 0.1) is 0 Å². The van der Waals surface area contributed by atoms with Crippen molar-refractivity contribution >= 4 is 17.5 Å². The topological polar surface area (TPSA) is 99.5 Å². The highest BCUT2D eigenvalue weighted by atomic mass is 16.2. The van der Waals surface area contributed by atoms with Crippen LogP contribution in [0.25, 0.3) is 0 Å². The third-order valence-electron chi connectivity index (χ3n) is 5.35. The summed E-state index contributed by atoms with van der Waals surface area (Å²) in [5.74, 6) is 0.223. The monoisotopic (exact) mass is 373 g/mol. The zero-order chi connectivity index (χ0) is 19.1. The molecule has 3 rings (SSSR count). The first-order valence-electron chi connectivity index (χ1n) is 10.0. The molecule has 0 radical (unpaired) electrons. The lowest BCUT2D eigenvalue weighted by molar-refractivity contribution is -0.127. The maximum absolute atomic E-state index is 12.4. The lowest BCUT2D eigenvalue weighted by atomic mass is 10.0. The maximum Gasteiger partial charge on any atom is 0.251 e. The van der Waals surface area contributed by atoms with Crippen molar-refractivity contribution in [3.8, 4) is 0 Å². The standard InChI is InChI=1S/C20H31N5O2/c21-18-13-15(20(27)24-17-6-9-22-10-7-17)4-5-16(18)14-23-8-2-12-25-11-1-3-19(25)26/h4-5,13,17,22-23H,1-3,6-12,14,21H2,(H,24,27). The summed E-state index contributed by atoms with van der Waals surface area (Å²) in [4.78, 5) is 25.9. The Hall–Kier alpha value is -2.12. The van der Waals surface area contributed by atoms with E-state index in [0.29, 0.717) is 24.2 Å². The molecule has 148 valence electrons. The lowest BCUT2D eigenvalue weighted by Gasteiger charge is -2.23. The third kappa shape index (κ3) is 5.68. The number of nitrogens with two attached hydrogens (primary N) is 1. The summed E-state index contributed by atoms with van der Waals surface area (Å²) >= 11 is 0. The van der Waals surface area contributed by atoms with Crippen molar-refractivity contribution in [3.63, 3.8) is 0 Å². The van der Waals surface area contributed by atoms with Gasteiger partial charge in [0.25, 0.3) is 5.91 Å². The Kier molecular flexibility index (Phi) is 7.06. The quantitative estimate of drug-likeness (QED) is 0.400. The van der Waals surface area contributed by atoms with Crippen LogP contribution >= 0.6 is 0 Å². The average Bonchev–Trinajstić information content (AvgIpc) is 3.08. The normalized spacial score (nSPS) is 18.1. The summed E-state index contributed by atoms with van der Waals surface area (Å²) in [7, 11) is 0. The molecule has 0 aliphatic carbocycles. The van der Waals surface area contributed by atoms with E-state index in [-0.39, 0.29) is 17.9 Å². The highest BCUT2D eigenvalue weighted by molar-refractivity contribution is 5.95. The number of carbonyl (C=O) groups is 2. The molecule has 0 bridgehead atoms. The number of hydrogen-bond acceptors (Lipinski definition) is 5. The largest absolute Gasteiger partial charge is 0.398 e. The minimum atomic E-state index is -0.0524. The number of piperidine rings is 1. The summed E-state index contributed by atoms with van der Waals surface area (Å²) in [5.41, 5.74) is 8.38. The van der Waals surface area contributed by atoms with Gasteiger partial charge in [0, 0.05) is 43.3 Å². The number of hydrogen-bond donors (Lipinski definition) is 4. The van der Waals surface area contributed by atoms with Gasteiger partial charge in [0.15, 0.2) is 0 Å². The third-order valence-corrected chi connectivity index (χ3v) is 5.35. The van der Waals surface area contributed by atoms with Crippen molar-refractivity contribution in [2.24, 2.45) is 0 Å². The zero-order valence-corrected chi connectivity index (χ0v) is 15.9. The van der Waals surface area contributed by atoms with E-state index in [9.17, 15) is 9.59 Å². The number of nitrogens with one attached hydrogen (secondary N) is 3. The van der Waals surface area contributed by atoms with Gasteiger partial charge in [-0.3, -0.25) is 9.59 Å². The Morgan fingerprint density at radius 2 is 2.11 bits per heavy atom. The van der Waals surface area contributed by atoms with Crippen LogP contribution in [0.4, 0.5) is 5.69 Å². The second kappa shape index (κ2) is 9.71. The van der Waals surface area contributed by atoms with Crippen LogP contribution in [0.2, 0.25) is 0 Å². The molecule has 0 spiro atoms. The minimum Gasteiger partial charge on any atom is -0.398 e. The molecule has 2 amide bonds. The summed E-state index contributed by atoms with van der Waals surface area (Å²) in [6.45, 7) is 5.11. The Morgan fingerprint density at radius 1 is 1.30 bits per heavy atom.